The van der Waals surface area contributed by atoms with Crippen molar-refractivity contribution in [2.45, 2.75) is 11.9 Å². The van der Waals surface area contributed by atoms with E-state index in [4.69, 9.17) is 39.5 Å². The van der Waals surface area contributed by atoms with Gasteiger partial charge in [-0.1, -0.05) is 29.8 Å². The fourth-order valence-electron chi connectivity index (χ4n) is 2.86. The summed E-state index contributed by atoms with van der Waals surface area (Å²) in [7, 11) is 1.55. The number of carbonyl (C=O) groups is 1. The molecule has 8 heteroatoms. The summed E-state index contributed by atoms with van der Waals surface area (Å²) in [4.78, 5) is 25.9. The van der Waals surface area contributed by atoms with Gasteiger partial charge in [0.05, 0.1) is 23.0 Å². The monoisotopic (exact) mass is 438 g/mol. The predicted molar refractivity (Wildman–Crippen MR) is 115 cm³/mol. The van der Waals surface area contributed by atoms with Crippen molar-refractivity contribution in [3.05, 3.63) is 69.5 Å². The highest BCUT2D eigenvalue weighted by Gasteiger charge is 2.22. The molecular formula is C20H17Cl3N2O3. The van der Waals surface area contributed by atoms with Crippen LogP contribution in [0.2, 0.25) is 5.02 Å². The molecule has 0 aliphatic carbocycles. The van der Waals surface area contributed by atoms with Crippen LogP contribution in [0.4, 0.5) is 5.69 Å². The normalized spacial score (nSPS) is 12.0. The van der Waals surface area contributed by atoms with Crippen LogP contribution in [-0.2, 0) is 6.54 Å². The first kappa shape index (κ1) is 20.5. The maximum Gasteiger partial charge on any atom is 0.265 e. The number of halogens is 3. The number of benzene rings is 2. The largest absolute Gasteiger partial charge is 0.497 e. The molecule has 3 aromatic rings. The van der Waals surface area contributed by atoms with Crippen LogP contribution in [0, 0.1) is 0 Å². The van der Waals surface area contributed by atoms with Crippen molar-refractivity contribution >= 4 is 57.3 Å². The molecule has 0 radical (unpaired) electrons. The second-order valence-electron chi connectivity index (χ2n) is 6.06. The Hall–Kier alpha value is -2.21. The van der Waals surface area contributed by atoms with Gasteiger partial charge < -0.3 is 14.6 Å². The fraction of sp³-hybridized carbons (Fsp3) is 0.200. The van der Waals surface area contributed by atoms with Gasteiger partial charge in [0.25, 0.3) is 11.5 Å². The Bertz CT molecular complexity index is 1060. The first-order valence-corrected chi connectivity index (χ1v) is 9.77. The van der Waals surface area contributed by atoms with Gasteiger partial charge in [0.15, 0.2) is 0 Å². The van der Waals surface area contributed by atoms with E-state index in [9.17, 15) is 9.59 Å². The fourth-order valence-corrected chi connectivity index (χ4v) is 3.42. The predicted octanol–water partition coefficient (Wildman–Crippen LogP) is 4.76. The van der Waals surface area contributed by atoms with Gasteiger partial charge in [-0.25, -0.2) is 0 Å². The summed E-state index contributed by atoms with van der Waals surface area (Å²) in [6, 6.07) is 13.8. The Balaban J connectivity index is 2.08. The van der Waals surface area contributed by atoms with Crippen molar-refractivity contribution in [3.8, 4) is 5.75 Å². The highest BCUT2D eigenvalue weighted by molar-refractivity contribution is 6.39. The number of amides is 1. The number of para-hydroxylation sites is 1. The summed E-state index contributed by atoms with van der Waals surface area (Å²) in [5, 5.41) is 2.91. The number of alkyl halides is 2. The molecule has 0 saturated carbocycles. The van der Waals surface area contributed by atoms with E-state index in [2.05, 4.69) is 5.32 Å². The molecule has 28 heavy (non-hydrogen) atoms. The van der Waals surface area contributed by atoms with Crippen LogP contribution in [0.3, 0.4) is 0 Å². The van der Waals surface area contributed by atoms with Crippen molar-refractivity contribution in [2.24, 2.45) is 0 Å². The van der Waals surface area contributed by atoms with E-state index in [1.54, 1.807) is 55.6 Å². The number of carbonyl (C=O) groups excluding carboxylic acids is 1. The van der Waals surface area contributed by atoms with Gasteiger partial charge in [-0.2, -0.15) is 0 Å². The summed E-state index contributed by atoms with van der Waals surface area (Å²) < 4.78 is 6.53. The van der Waals surface area contributed by atoms with E-state index in [1.165, 1.54) is 4.57 Å². The molecule has 0 saturated heterocycles. The zero-order valence-electron chi connectivity index (χ0n) is 14.9. The number of hydrogen-bond acceptors (Lipinski definition) is 3. The number of pyridine rings is 1. The van der Waals surface area contributed by atoms with Gasteiger partial charge in [-0.05, 0) is 30.3 Å². The lowest BCUT2D eigenvalue weighted by atomic mass is 10.1. The molecule has 146 valence electrons. The van der Waals surface area contributed by atoms with E-state index in [0.717, 1.165) is 0 Å². The van der Waals surface area contributed by atoms with Crippen molar-refractivity contribution in [1.29, 1.82) is 0 Å². The molecule has 2 aromatic carbocycles. The minimum Gasteiger partial charge on any atom is -0.497 e. The second kappa shape index (κ2) is 8.86. The molecule has 0 aliphatic rings. The molecule has 3 rings (SSSR count). The Morgan fingerprint density at radius 2 is 1.86 bits per heavy atom. The zero-order chi connectivity index (χ0) is 20.3. The van der Waals surface area contributed by atoms with Crippen LogP contribution in [0.5, 0.6) is 5.75 Å². The molecule has 0 bridgehead atoms. The minimum absolute atomic E-state index is 0.0971. The average molecular weight is 440 g/mol. The lowest BCUT2D eigenvalue weighted by molar-refractivity contribution is 0.102. The van der Waals surface area contributed by atoms with Crippen molar-refractivity contribution < 1.29 is 9.53 Å². The SMILES string of the molecule is COc1ccc(NC(=O)c2c(Cl)c3ccccc3n(CC(Cl)CCl)c2=O)cc1. The Kier molecular flexibility index (Phi) is 6.50. The first-order valence-electron chi connectivity index (χ1n) is 8.42. The maximum atomic E-state index is 13.1. The zero-order valence-corrected chi connectivity index (χ0v) is 17.2. The van der Waals surface area contributed by atoms with E-state index < -0.39 is 16.8 Å². The van der Waals surface area contributed by atoms with Gasteiger partial charge in [0, 0.05) is 23.5 Å². The van der Waals surface area contributed by atoms with E-state index >= 15 is 0 Å². The number of fused-ring (bicyclic) bond motifs is 1. The van der Waals surface area contributed by atoms with Crippen molar-refractivity contribution in [1.82, 2.24) is 4.57 Å². The van der Waals surface area contributed by atoms with Gasteiger partial charge in [-0.15, -0.1) is 23.2 Å². The molecular weight excluding hydrogens is 423 g/mol. The molecule has 1 aromatic heterocycles. The number of rotatable bonds is 6. The third-order valence-corrected chi connectivity index (χ3v) is 5.45. The van der Waals surface area contributed by atoms with Crippen LogP contribution in [-0.4, -0.2) is 28.8 Å². The first-order chi connectivity index (χ1) is 13.5. The molecule has 1 N–H and O–H groups in total. The average Bonchev–Trinajstić information content (AvgIpc) is 2.71. The summed E-state index contributed by atoms with van der Waals surface area (Å²) in [5.74, 6) is 0.216. The summed E-state index contributed by atoms with van der Waals surface area (Å²) >= 11 is 18.4. The Morgan fingerprint density at radius 1 is 1.18 bits per heavy atom. The lowest BCUT2D eigenvalue weighted by Gasteiger charge is -2.16. The Labute approximate surface area is 176 Å². The molecule has 5 nitrogen and oxygen atoms in total. The van der Waals surface area contributed by atoms with Crippen molar-refractivity contribution in [3.63, 3.8) is 0 Å². The highest BCUT2D eigenvalue weighted by Crippen LogP contribution is 2.26. The van der Waals surface area contributed by atoms with E-state index in [0.29, 0.717) is 22.3 Å². The molecule has 0 spiro atoms. The number of aromatic nitrogens is 1. The third kappa shape index (κ3) is 4.12. The number of nitrogens with zero attached hydrogens (tertiary/aromatic N) is 1. The standard InChI is InChI=1S/C20H17Cl3N2O3/c1-28-14-8-6-13(7-9-14)24-19(26)17-18(23)15-4-2-3-5-16(15)25(20(17)27)11-12(22)10-21/h2-9,12H,10-11H2,1H3,(H,24,26). The summed E-state index contributed by atoms with van der Waals surface area (Å²) in [5.41, 5.74) is 0.436. The Morgan fingerprint density at radius 3 is 2.50 bits per heavy atom. The number of anilines is 1. The van der Waals surface area contributed by atoms with Gasteiger partial charge in [0.1, 0.15) is 11.3 Å². The second-order valence-corrected chi connectivity index (χ2v) is 7.36. The lowest BCUT2D eigenvalue weighted by Crippen LogP contribution is -2.32. The highest BCUT2D eigenvalue weighted by atomic mass is 35.5. The molecule has 0 aliphatic heterocycles. The molecule has 1 heterocycles. The number of ether oxygens (including phenoxy) is 1. The molecule has 1 atom stereocenters. The molecule has 0 fully saturated rings. The smallest absolute Gasteiger partial charge is 0.265 e. The van der Waals surface area contributed by atoms with Gasteiger partial charge in [0.2, 0.25) is 0 Å². The number of methoxy groups -OCH3 is 1. The quantitative estimate of drug-likeness (QED) is 0.563. The molecule has 1 unspecified atom stereocenters. The minimum atomic E-state index is -0.600. The number of nitrogens with one attached hydrogen (secondary N) is 1. The summed E-state index contributed by atoms with van der Waals surface area (Å²) in [6.45, 7) is 0.157. The van der Waals surface area contributed by atoms with E-state index in [-0.39, 0.29) is 23.0 Å². The van der Waals surface area contributed by atoms with E-state index in [1.807, 2.05) is 0 Å². The van der Waals surface area contributed by atoms with Gasteiger partial charge >= 0.3 is 0 Å². The van der Waals surface area contributed by atoms with Crippen LogP contribution in [0.25, 0.3) is 10.9 Å². The van der Waals surface area contributed by atoms with Gasteiger partial charge in [-0.3, -0.25) is 9.59 Å². The number of hydrogen-bond donors (Lipinski definition) is 1. The van der Waals surface area contributed by atoms with Crippen molar-refractivity contribution in [2.75, 3.05) is 18.3 Å². The molecule has 1 amide bonds. The third-order valence-electron chi connectivity index (χ3n) is 4.23. The maximum absolute atomic E-state index is 13.1. The van der Waals surface area contributed by atoms with Crippen LogP contribution in [0.1, 0.15) is 10.4 Å². The topological polar surface area (TPSA) is 60.3 Å². The van der Waals surface area contributed by atoms with Crippen LogP contribution < -0.4 is 15.6 Å². The van der Waals surface area contributed by atoms with Crippen LogP contribution >= 0.6 is 34.8 Å². The summed E-state index contributed by atoms with van der Waals surface area (Å²) in [6.07, 6.45) is 0. The van der Waals surface area contributed by atoms with Crippen LogP contribution in [0.15, 0.2) is 53.3 Å².